The molecule has 39 heavy (non-hydrogen) atoms. The third-order valence-corrected chi connectivity index (χ3v) is 5.40. The van der Waals surface area contributed by atoms with Crippen LogP contribution in [0.1, 0.15) is 106 Å². The van der Waals surface area contributed by atoms with Crippen LogP contribution < -0.4 is 5.32 Å². The van der Waals surface area contributed by atoms with E-state index in [1.165, 1.54) is 17.7 Å². The van der Waals surface area contributed by atoms with Crippen molar-refractivity contribution in [3.05, 3.63) is 70.8 Å². The number of aliphatic hydroxyl groups excluding tert-OH is 1. The van der Waals surface area contributed by atoms with Crippen LogP contribution >= 0.6 is 0 Å². The summed E-state index contributed by atoms with van der Waals surface area (Å²) in [6, 6.07) is 14.3. The molecule has 8 heteroatoms. The molecule has 0 radical (unpaired) electrons. The number of hydrogen-bond acceptors (Lipinski definition) is 5. The maximum atomic E-state index is 12.8. The molecule has 0 aliphatic carbocycles. The van der Waals surface area contributed by atoms with Crippen LogP contribution in [0.3, 0.4) is 0 Å². The van der Waals surface area contributed by atoms with Crippen molar-refractivity contribution in [1.29, 1.82) is 0 Å². The Morgan fingerprint density at radius 1 is 0.949 bits per heavy atom. The normalized spacial score (nSPS) is 12.8. The summed E-state index contributed by atoms with van der Waals surface area (Å²) in [6.45, 7) is 17.0. The van der Waals surface area contributed by atoms with Crippen LogP contribution in [0.5, 0.6) is 0 Å². The SMILES string of the molecule is CC.CC.CC(C)(C)OC(=O)NCc1cccc(C2CCN(C(=O)c3cccc(C(=O)O)c3)CC2)c1.CCO. The van der Waals surface area contributed by atoms with Gasteiger partial charge < -0.3 is 25.2 Å². The summed E-state index contributed by atoms with van der Waals surface area (Å²) in [7, 11) is 0. The Morgan fingerprint density at radius 2 is 1.49 bits per heavy atom. The van der Waals surface area contributed by atoms with Gasteiger partial charge in [-0.1, -0.05) is 58.0 Å². The minimum atomic E-state index is -1.04. The molecule has 3 rings (SSSR count). The van der Waals surface area contributed by atoms with Crippen LogP contribution in [0.15, 0.2) is 48.5 Å². The van der Waals surface area contributed by atoms with Crippen molar-refractivity contribution in [2.24, 2.45) is 0 Å². The fourth-order valence-electron chi connectivity index (χ4n) is 3.83. The number of carboxylic acid groups (broad SMARTS) is 1. The van der Waals surface area contributed by atoms with E-state index in [0.29, 0.717) is 31.1 Å². The number of carbonyl (C=O) groups is 3. The average Bonchev–Trinajstić information content (AvgIpc) is 2.93. The number of nitrogens with zero attached hydrogens (tertiary/aromatic N) is 1. The number of nitrogens with one attached hydrogen (secondary N) is 1. The molecular weight excluding hydrogens is 496 g/mol. The zero-order valence-electron chi connectivity index (χ0n) is 24.9. The molecule has 0 spiro atoms. The molecule has 2 aromatic rings. The zero-order valence-corrected chi connectivity index (χ0v) is 24.9. The topological polar surface area (TPSA) is 116 Å². The van der Waals surface area contributed by atoms with Crippen molar-refractivity contribution < 1.29 is 29.3 Å². The molecule has 1 heterocycles. The Kier molecular flexibility index (Phi) is 17.2. The number of amides is 2. The van der Waals surface area contributed by atoms with E-state index >= 15 is 0 Å². The van der Waals surface area contributed by atoms with Crippen molar-refractivity contribution in [3.63, 3.8) is 0 Å². The smallest absolute Gasteiger partial charge is 0.407 e. The Hall–Kier alpha value is -3.39. The first kappa shape index (κ1) is 35.6. The van der Waals surface area contributed by atoms with Gasteiger partial charge in [-0.15, -0.1) is 0 Å². The van der Waals surface area contributed by atoms with Crippen LogP contribution in [-0.2, 0) is 11.3 Å². The van der Waals surface area contributed by atoms with Gasteiger partial charge in [-0.05, 0) is 75.8 Å². The second kappa shape index (κ2) is 18.8. The monoisotopic (exact) mass is 544 g/mol. The Bertz CT molecular complexity index is 1010. The van der Waals surface area contributed by atoms with Crippen molar-refractivity contribution >= 4 is 18.0 Å². The van der Waals surface area contributed by atoms with Crippen LogP contribution in [0.25, 0.3) is 0 Å². The fraction of sp³-hybridized carbons (Fsp3) is 0.516. The maximum Gasteiger partial charge on any atom is 0.407 e. The molecule has 218 valence electrons. The van der Waals surface area contributed by atoms with E-state index in [1.807, 2.05) is 60.6 Å². The fourth-order valence-corrected chi connectivity index (χ4v) is 3.83. The molecule has 0 saturated carbocycles. The number of aliphatic hydroxyl groups is 1. The number of alkyl carbamates (subject to hydrolysis) is 1. The Morgan fingerprint density at radius 3 is 2.03 bits per heavy atom. The van der Waals surface area contributed by atoms with Gasteiger partial charge in [0.05, 0.1) is 5.56 Å². The molecule has 2 aromatic carbocycles. The lowest BCUT2D eigenvalue weighted by Crippen LogP contribution is -2.38. The molecule has 0 bridgehead atoms. The van der Waals surface area contributed by atoms with Crippen LogP contribution in [0, 0.1) is 0 Å². The summed E-state index contributed by atoms with van der Waals surface area (Å²) in [5.74, 6) is -0.854. The lowest BCUT2D eigenvalue weighted by atomic mass is 9.88. The number of carboxylic acids is 1. The largest absolute Gasteiger partial charge is 0.478 e. The summed E-state index contributed by atoms with van der Waals surface area (Å²) < 4.78 is 5.28. The van der Waals surface area contributed by atoms with Gasteiger partial charge in [0, 0.05) is 31.8 Å². The Labute approximate surface area is 234 Å². The van der Waals surface area contributed by atoms with Crippen molar-refractivity contribution in [2.45, 2.75) is 86.3 Å². The number of carbonyl (C=O) groups excluding carboxylic acids is 2. The quantitative estimate of drug-likeness (QED) is 0.397. The second-order valence-corrected chi connectivity index (χ2v) is 9.37. The molecule has 0 aromatic heterocycles. The summed E-state index contributed by atoms with van der Waals surface area (Å²) in [4.78, 5) is 37.6. The van der Waals surface area contributed by atoms with E-state index in [2.05, 4.69) is 17.4 Å². The number of ether oxygens (including phenoxy) is 1. The third kappa shape index (κ3) is 13.3. The average molecular weight is 545 g/mol. The summed E-state index contributed by atoms with van der Waals surface area (Å²) in [5.41, 5.74) is 2.17. The summed E-state index contributed by atoms with van der Waals surface area (Å²) in [5, 5.41) is 19.5. The lowest BCUT2D eigenvalue weighted by Gasteiger charge is -2.32. The molecule has 1 aliphatic heterocycles. The Balaban J connectivity index is 0.00000189. The first-order valence-corrected chi connectivity index (χ1v) is 13.8. The predicted octanol–water partition coefficient (Wildman–Crippen LogP) is 6.48. The van der Waals surface area contributed by atoms with Gasteiger partial charge in [0.2, 0.25) is 0 Å². The lowest BCUT2D eigenvalue weighted by molar-refractivity contribution is 0.0522. The van der Waals surface area contributed by atoms with E-state index in [0.717, 1.165) is 18.4 Å². The van der Waals surface area contributed by atoms with E-state index < -0.39 is 17.7 Å². The predicted molar refractivity (Wildman–Crippen MR) is 156 cm³/mol. The molecule has 3 N–H and O–H groups in total. The number of aromatic carboxylic acids is 1. The first-order chi connectivity index (χ1) is 18.5. The number of hydrogen-bond donors (Lipinski definition) is 3. The summed E-state index contributed by atoms with van der Waals surface area (Å²) in [6.07, 6.45) is 1.21. The van der Waals surface area contributed by atoms with Crippen molar-refractivity contribution in [2.75, 3.05) is 19.7 Å². The number of piperidine rings is 1. The molecule has 0 unspecified atom stereocenters. The number of likely N-dealkylation sites (tertiary alicyclic amines) is 1. The van der Waals surface area contributed by atoms with Gasteiger partial charge in [0.25, 0.3) is 5.91 Å². The molecule has 1 saturated heterocycles. The minimum Gasteiger partial charge on any atom is -0.478 e. The molecule has 0 atom stereocenters. The number of rotatable bonds is 5. The van der Waals surface area contributed by atoms with Crippen LogP contribution in [0.2, 0.25) is 0 Å². The van der Waals surface area contributed by atoms with Crippen molar-refractivity contribution in [3.8, 4) is 0 Å². The maximum absolute atomic E-state index is 12.8. The molecule has 1 aliphatic rings. The zero-order chi connectivity index (χ0) is 30.0. The molecule has 2 amide bonds. The highest BCUT2D eigenvalue weighted by molar-refractivity contribution is 5.97. The van der Waals surface area contributed by atoms with Crippen molar-refractivity contribution in [1.82, 2.24) is 10.2 Å². The highest BCUT2D eigenvalue weighted by atomic mass is 16.6. The van der Waals surface area contributed by atoms with Gasteiger partial charge in [-0.2, -0.15) is 0 Å². The van der Waals surface area contributed by atoms with E-state index in [4.69, 9.17) is 14.9 Å². The third-order valence-electron chi connectivity index (χ3n) is 5.40. The van der Waals surface area contributed by atoms with E-state index in [1.54, 1.807) is 24.0 Å². The van der Waals surface area contributed by atoms with Crippen LogP contribution in [-0.4, -0.2) is 58.4 Å². The standard InChI is InChI=1S/C25H30N2O5.C2H6O.2C2H6/c1-25(2,3)32-24(31)26-16-17-6-4-7-19(14-17)18-10-12-27(13-11-18)22(28)20-8-5-9-21(15-20)23(29)30;1-2-3;2*1-2/h4-9,14-15,18H,10-13,16H2,1-3H3,(H,26,31)(H,29,30);3H,2H2,1H3;2*1-2H3. The first-order valence-electron chi connectivity index (χ1n) is 13.8. The minimum absolute atomic E-state index is 0.113. The van der Waals surface area contributed by atoms with Gasteiger partial charge >= 0.3 is 12.1 Å². The van der Waals surface area contributed by atoms with E-state index in [-0.39, 0.29) is 18.1 Å². The highest BCUT2D eigenvalue weighted by Crippen LogP contribution is 2.29. The van der Waals surface area contributed by atoms with Gasteiger partial charge in [0.15, 0.2) is 0 Å². The molecule has 8 nitrogen and oxygen atoms in total. The molecular formula is C31H48N2O6. The summed E-state index contributed by atoms with van der Waals surface area (Å²) >= 11 is 0. The van der Waals surface area contributed by atoms with E-state index in [9.17, 15) is 14.4 Å². The number of benzene rings is 2. The second-order valence-electron chi connectivity index (χ2n) is 9.37. The highest BCUT2D eigenvalue weighted by Gasteiger charge is 2.25. The van der Waals surface area contributed by atoms with Gasteiger partial charge in [0.1, 0.15) is 5.60 Å². The molecule has 1 fully saturated rings. The van der Waals surface area contributed by atoms with Gasteiger partial charge in [-0.3, -0.25) is 4.79 Å². The van der Waals surface area contributed by atoms with Crippen LogP contribution in [0.4, 0.5) is 4.79 Å². The van der Waals surface area contributed by atoms with Gasteiger partial charge in [-0.25, -0.2) is 9.59 Å².